The van der Waals surface area contributed by atoms with Crippen molar-refractivity contribution in [3.05, 3.63) is 18.7 Å². The number of carbonyl (C=O) groups is 2. The maximum Gasteiger partial charge on any atom is 0.326 e. The van der Waals surface area contributed by atoms with Gasteiger partial charge in [0.25, 0.3) is 0 Å². The third kappa shape index (κ3) is 3.49. The summed E-state index contributed by atoms with van der Waals surface area (Å²) in [5.74, 6) is -0.590. The van der Waals surface area contributed by atoms with Crippen LogP contribution >= 0.6 is 0 Å². The monoisotopic (exact) mass is 280 g/mol. The molecule has 2 atom stereocenters. The molecule has 0 radical (unpaired) electrons. The Labute approximate surface area is 117 Å². The number of hydrogen-bond acceptors (Lipinski definition) is 3. The molecule has 7 heteroatoms. The molecule has 0 aliphatic carbocycles. The molecule has 2 N–H and O–H groups in total. The molecule has 1 saturated heterocycles. The largest absolute Gasteiger partial charge is 0.480 e. The summed E-state index contributed by atoms with van der Waals surface area (Å²) in [5, 5.41) is 12.0. The molecule has 0 saturated carbocycles. The van der Waals surface area contributed by atoms with Gasteiger partial charge in [-0.3, -0.25) is 0 Å². The van der Waals surface area contributed by atoms with Crippen LogP contribution in [0.3, 0.4) is 0 Å². The van der Waals surface area contributed by atoms with E-state index in [0.29, 0.717) is 32.0 Å². The first-order valence-corrected chi connectivity index (χ1v) is 6.81. The van der Waals surface area contributed by atoms with E-state index in [2.05, 4.69) is 10.3 Å². The van der Waals surface area contributed by atoms with Crippen molar-refractivity contribution in [2.75, 3.05) is 13.1 Å². The van der Waals surface area contributed by atoms with Crippen molar-refractivity contribution in [3.8, 4) is 0 Å². The zero-order valence-electron chi connectivity index (χ0n) is 11.5. The number of aromatic nitrogens is 2. The van der Waals surface area contributed by atoms with Crippen LogP contribution in [0.2, 0.25) is 0 Å². The van der Waals surface area contributed by atoms with Gasteiger partial charge in [-0.05, 0) is 18.8 Å². The highest BCUT2D eigenvalue weighted by atomic mass is 16.4. The minimum Gasteiger partial charge on any atom is -0.480 e. The SMILES string of the molecule is CC1CCN(C(=O)NCCn2ccnc2)C(C(=O)O)C1. The molecule has 0 bridgehead atoms. The number of imidazole rings is 1. The molecule has 1 aromatic heterocycles. The van der Waals surface area contributed by atoms with Gasteiger partial charge in [0.15, 0.2) is 0 Å². The lowest BCUT2D eigenvalue weighted by molar-refractivity contribution is -0.143. The Bertz CT molecular complexity index is 460. The summed E-state index contributed by atoms with van der Waals surface area (Å²) in [7, 11) is 0. The van der Waals surface area contributed by atoms with E-state index in [1.165, 1.54) is 4.90 Å². The van der Waals surface area contributed by atoms with Crippen molar-refractivity contribution in [3.63, 3.8) is 0 Å². The first-order chi connectivity index (χ1) is 9.58. The highest BCUT2D eigenvalue weighted by Gasteiger charge is 2.34. The van der Waals surface area contributed by atoms with Crippen molar-refractivity contribution in [2.24, 2.45) is 5.92 Å². The molecular weight excluding hydrogens is 260 g/mol. The Morgan fingerprint density at radius 1 is 1.50 bits per heavy atom. The lowest BCUT2D eigenvalue weighted by Crippen LogP contribution is -2.53. The van der Waals surface area contributed by atoms with E-state index in [-0.39, 0.29) is 6.03 Å². The topological polar surface area (TPSA) is 87.5 Å². The van der Waals surface area contributed by atoms with Crippen LogP contribution in [-0.2, 0) is 11.3 Å². The molecule has 110 valence electrons. The Morgan fingerprint density at radius 3 is 2.95 bits per heavy atom. The van der Waals surface area contributed by atoms with Crippen molar-refractivity contribution in [1.29, 1.82) is 0 Å². The Balaban J connectivity index is 1.85. The molecular formula is C13H20N4O3. The molecule has 1 aromatic rings. The number of hydrogen-bond donors (Lipinski definition) is 2. The minimum absolute atomic E-state index is 0.301. The second-order valence-electron chi connectivity index (χ2n) is 5.21. The number of nitrogens with zero attached hydrogens (tertiary/aromatic N) is 3. The molecule has 20 heavy (non-hydrogen) atoms. The van der Waals surface area contributed by atoms with E-state index in [1.807, 2.05) is 17.7 Å². The Morgan fingerprint density at radius 2 is 2.30 bits per heavy atom. The highest BCUT2D eigenvalue weighted by molar-refractivity contribution is 5.82. The van der Waals surface area contributed by atoms with Crippen LogP contribution in [0.4, 0.5) is 4.79 Å². The van der Waals surface area contributed by atoms with Gasteiger partial charge in [-0.1, -0.05) is 6.92 Å². The van der Waals surface area contributed by atoms with Crippen LogP contribution in [-0.4, -0.2) is 50.7 Å². The van der Waals surface area contributed by atoms with Gasteiger partial charge in [0.1, 0.15) is 6.04 Å². The zero-order valence-corrected chi connectivity index (χ0v) is 11.5. The number of amides is 2. The maximum atomic E-state index is 12.1. The summed E-state index contributed by atoms with van der Waals surface area (Å²) in [4.78, 5) is 28.7. The van der Waals surface area contributed by atoms with Crippen LogP contribution < -0.4 is 5.32 Å². The van der Waals surface area contributed by atoms with Crippen LogP contribution in [0.1, 0.15) is 19.8 Å². The first kappa shape index (κ1) is 14.4. The number of piperidine rings is 1. The number of aliphatic carboxylic acids is 1. The van der Waals surface area contributed by atoms with Gasteiger partial charge in [-0.2, -0.15) is 0 Å². The molecule has 0 spiro atoms. The lowest BCUT2D eigenvalue weighted by Gasteiger charge is -2.35. The molecule has 1 aliphatic heterocycles. The third-order valence-corrected chi connectivity index (χ3v) is 3.62. The fourth-order valence-electron chi connectivity index (χ4n) is 2.43. The fourth-order valence-corrected chi connectivity index (χ4v) is 2.43. The van der Waals surface area contributed by atoms with Crippen LogP contribution in [0.25, 0.3) is 0 Å². The number of carboxylic acids is 1. The fraction of sp³-hybridized carbons (Fsp3) is 0.615. The van der Waals surface area contributed by atoms with Crippen molar-refractivity contribution < 1.29 is 14.7 Å². The summed E-state index contributed by atoms with van der Waals surface area (Å²) in [5.41, 5.74) is 0. The van der Waals surface area contributed by atoms with Crippen molar-refractivity contribution in [1.82, 2.24) is 19.8 Å². The molecule has 2 heterocycles. The van der Waals surface area contributed by atoms with Crippen molar-refractivity contribution >= 4 is 12.0 Å². The molecule has 0 aromatic carbocycles. The standard InChI is InChI=1S/C13H20N4O3/c1-10-2-5-17(11(8-10)12(18)19)13(20)15-4-7-16-6-3-14-9-16/h3,6,9-11H,2,4-5,7-8H2,1H3,(H,15,20)(H,18,19). The lowest BCUT2D eigenvalue weighted by atomic mass is 9.93. The van der Waals surface area contributed by atoms with E-state index in [9.17, 15) is 14.7 Å². The maximum absolute atomic E-state index is 12.1. The van der Waals surface area contributed by atoms with E-state index in [0.717, 1.165) is 6.42 Å². The second kappa shape index (κ2) is 6.40. The molecule has 1 aliphatic rings. The predicted octanol–water partition coefficient (Wildman–Crippen LogP) is 0.778. The molecule has 1 fully saturated rings. The van der Waals surface area contributed by atoms with Gasteiger partial charge in [-0.25, -0.2) is 14.6 Å². The summed E-state index contributed by atoms with van der Waals surface area (Å²) in [6.45, 7) is 3.58. The summed E-state index contributed by atoms with van der Waals surface area (Å²) in [6.07, 6.45) is 6.53. The summed E-state index contributed by atoms with van der Waals surface area (Å²) in [6, 6.07) is -1.02. The number of nitrogens with one attached hydrogen (secondary N) is 1. The van der Waals surface area contributed by atoms with Crippen molar-refractivity contribution in [2.45, 2.75) is 32.4 Å². The van der Waals surface area contributed by atoms with Gasteiger partial charge in [-0.15, -0.1) is 0 Å². The molecule has 7 nitrogen and oxygen atoms in total. The van der Waals surface area contributed by atoms with Gasteiger partial charge >= 0.3 is 12.0 Å². The molecule has 2 unspecified atom stereocenters. The number of urea groups is 1. The van der Waals surface area contributed by atoms with Crippen LogP contribution in [0.5, 0.6) is 0 Å². The van der Waals surface area contributed by atoms with Gasteiger partial charge in [0.2, 0.25) is 0 Å². The van der Waals surface area contributed by atoms with Crippen LogP contribution in [0.15, 0.2) is 18.7 Å². The molecule has 2 rings (SSSR count). The first-order valence-electron chi connectivity index (χ1n) is 6.81. The zero-order chi connectivity index (χ0) is 14.5. The third-order valence-electron chi connectivity index (χ3n) is 3.62. The normalized spacial score (nSPS) is 22.6. The van der Waals surface area contributed by atoms with E-state index < -0.39 is 12.0 Å². The van der Waals surface area contributed by atoms with E-state index in [4.69, 9.17) is 0 Å². The average Bonchev–Trinajstić information content (AvgIpc) is 2.91. The van der Waals surface area contributed by atoms with Crippen LogP contribution in [0, 0.1) is 5.92 Å². The van der Waals surface area contributed by atoms with E-state index in [1.54, 1.807) is 12.5 Å². The van der Waals surface area contributed by atoms with Gasteiger partial charge in [0.05, 0.1) is 6.33 Å². The number of rotatable bonds is 4. The number of carbonyl (C=O) groups excluding carboxylic acids is 1. The minimum atomic E-state index is -0.929. The van der Waals surface area contributed by atoms with E-state index >= 15 is 0 Å². The summed E-state index contributed by atoms with van der Waals surface area (Å²) >= 11 is 0. The number of carboxylic acid groups (broad SMARTS) is 1. The summed E-state index contributed by atoms with van der Waals surface area (Å²) < 4.78 is 1.85. The smallest absolute Gasteiger partial charge is 0.326 e. The predicted molar refractivity (Wildman–Crippen MR) is 72.2 cm³/mol. The Kier molecular flexibility index (Phi) is 4.60. The average molecular weight is 280 g/mol. The number of likely N-dealkylation sites (tertiary alicyclic amines) is 1. The highest BCUT2D eigenvalue weighted by Crippen LogP contribution is 2.22. The van der Waals surface area contributed by atoms with Gasteiger partial charge in [0, 0.05) is 32.0 Å². The van der Waals surface area contributed by atoms with Gasteiger partial charge < -0.3 is 19.9 Å². The Hall–Kier alpha value is -2.05. The molecule has 2 amide bonds. The second-order valence-corrected chi connectivity index (χ2v) is 5.21. The quantitative estimate of drug-likeness (QED) is 0.853.